The number of fused-ring (bicyclic) bond motifs is 1. The molecule has 1 aliphatic rings. The lowest BCUT2D eigenvalue weighted by Crippen LogP contribution is -2.39. The minimum absolute atomic E-state index is 0.151. The van der Waals surface area contributed by atoms with Gasteiger partial charge in [-0.05, 0) is 43.7 Å². The van der Waals surface area contributed by atoms with Crippen LogP contribution in [0.4, 0.5) is 5.69 Å². The third-order valence-corrected chi connectivity index (χ3v) is 6.95. The van der Waals surface area contributed by atoms with Gasteiger partial charge in [0.2, 0.25) is 0 Å². The molecule has 0 saturated heterocycles. The Morgan fingerprint density at radius 1 is 1.13 bits per heavy atom. The van der Waals surface area contributed by atoms with Gasteiger partial charge in [-0.3, -0.25) is 19.5 Å². The number of hydrogen-bond acceptors (Lipinski definition) is 10. The molecule has 0 aliphatic carbocycles. The molecule has 198 valence electrons. The maximum Gasteiger partial charge on any atom is 0.338 e. The van der Waals surface area contributed by atoms with Gasteiger partial charge in [0.15, 0.2) is 16.3 Å². The highest BCUT2D eigenvalue weighted by Crippen LogP contribution is 2.35. The van der Waals surface area contributed by atoms with Crippen molar-refractivity contribution in [2.45, 2.75) is 19.9 Å². The van der Waals surface area contributed by atoms with Crippen molar-refractivity contribution >= 4 is 29.1 Å². The van der Waals surface area contributed by atoms with E-state index >= 15 is 0 Å². The van der Waals surface area contributed by atoms with Crippen LogP contribution < -0.4 is 29.1 Å². The first kappa shape index (κ1) is 26.6. The molecule has 0 spiro atoms. The topological polar surface area (TPSA) is 131 Å². The third-order valence-electron chi connectivity index (χ3n) is 5.96. The summed E-state index contributed by atoms with van der Waals surface area (Å²) in [5.74, 6) is 0.486. The highest BCUT2D eigenvalue weighted by molar-refractivity contribution is 7.07. The summed E-state index contributed by atoms with van der Waals surface area (Å²) in [6.45, 7) is 3.53. The zero-order valence-corrected chi connectivity index (χ0v) is 22.2. The summed E-state index contributed by atoms with van der Waals surface area (Å²) in [5, 5.41) is 11.8. The van der Waals surface area contributed by atoms with Crippen molar-refractivity contribution < 1.29 is 28.7 Å². The predicted molar refractivity (Wildman–Crippen MR) is 140 cm³/mol. The summed E-state index contributed by atoms with van der Waals surface area (Å²) < 4.78 is 22.6. The van der Waals surface area contributed by atoms with Gasteiger partial charge in [0, 0.05) is 0 Å². The molecular formula is C26H25N3O8S. The number of allylic oxidation sites excluding steroid dienone is 1. The van der Waals surface area contributed by atoms with Crippen LogP contribution in [0.15, 0.2) is 57.5 Å². The first-order chi connectivity index (χ1) is 18.2. The van der Waals surface area contributed by atoms with E-state index in [1.165, 1.54) is 37.0 Å². The van der Waals surface area contributed by atoms with Gasteiger partial charge in [-0.1, -0.05) is 23.5 Å². The molecule has 1 aromatic heterocycles. The molecule has 0 bridgehead atoms. The Morgan fingerprint density at radius 2 is 1.79 bits per heavy atom. The van der Waals surface area contributed by atoms with Crippen molar-refractivity contribution in [3.05, 3.63) is 88.6 Å². The van der Waals surface area contributed by atoms with E-state index in [-0.39, 0.29) is 39.5 Å². The Hall–Kier alpha value is -4.45. The molecule has 4 rings (SSSR count). The molecule has 1 atom stereocenters. The van der Waals surface area contributed by atoms with E-state index in [1.54, 1.807) is 45.2 Å². The van der Waals surface area contributed by atoms with Crippen LogP contribution in [0.2, 0.25) is 0 Å². The van der Waals surface area contributed by atoms with Gasteiger partial charge in [-0.2, -0.15) is 0 Å². The second kappa shape index (κ2) is 10.9. The zero-order chi connectivity index (χ0) is 27.6. The van der Waals surface area contributed by atoms with E-state index in [0.717, 1.165) is 11.3 Å². The number of aromatic nitrogens is 1. The van der Waals surface area contributed by atoms with Gasteiger partial charge in [0.25, 0.3) is 11.2 Å². The number of methoxy groups -OCH3 is 3. The average molecular weight is 540 g/mol. The van der Waals surface area contributed by atoms with Gasteiger partial charge in [0.05, 0.1) is 66.3 Å². The number of esters is 1. The van der Waals surface area contributed by atoms with Crippen LogP contribution >= 0.6 is 11.3 Å². The van der Waals surface area contributed by atoms with Gasteiger partial charge in [-0.25, -0.2) is 9.79 Å². The molecule has 0 saturated carbocycles. The summed E-state index contributed by atoms with van der Waals surface area (Å²) in [6, 6.07) is 8.84. The first-order valence-corrected chi connectivity index (χ1v) is 12.3. The monoisotopic (exact) mass is 539 g/mol. The van der Waals surface area contributed by atoms with Crippen LogP contribution in [0.3, 0.4) is 0 Å². The maximum atomic E-state index is 13.8. The largest absolute Gasteiger partial charge is 0.497 e. The van der Waals surface area contributed by atoms with Gasteiger partial charge in [0.1, 0.15) is 5.75 Å². The second-order valence-corrected chi connectivity index (χ2v) is 9.11. The minimum atomic E-state index is -0.821. The van der Waals surface area contributed by atoms with Crippen LogP contribution in [0, 0.1) is 10.1 Å². The summed E-state index contributed by atoms with van der Waals surface area (Å²) >= 11 is 1.06. The lowest BCUT2D eigenvalue weighted by molar-refractivity contribution is -0.385. The van der Waals surface area contributed by atoms with E-state index in [1.807, 2.05) is 0 Å². The van der Waals surface area contributed by atoms with Gasteiger partial charge in [-0.15, -0.1) is 0 Å². The van der Waals surface area contributed by atoms with Crippen molar-refractivity contribution in [1.29, 1.82) is 0 Å². The molecule has 2 aromatic carbocycles. The van der Waals surface area contributed by atoms with Crippen LogP contribution in [-0.4, -0.2) is 43.4 Å². The van der Waals surface area contributed by atoms with Crippen LogP contribution in [0.1, 0.15) is 31.0 Å². The molecule has 12 heteroatoms. The molecule has 0 unspecified atom stereocenters. The number of nitro benzene ring substituents is 1. The van der Waals surface area contributed by atoms with E-state index in [0.29, 0.717) is 21.8 Å². The Balaban J connectivity index is 1.98. The molecule has 0 amide bonds. The molecule has 0 N–H and O–H groups in total. The summed E-state index contributed by atoms with van der Waals surface area (Å²) in [7, 11) is 4.33. The number of nitro groups is 1. The number of carbonyl (C=O) groups excluding carboxylic acids is 1. The molecule has 11 nitrogen and oxygen atoms in total. The highest BCUT2D eigenvalue weighted by Gasteiger charge is 2.33. The summed E-state index contributed by atoms with van der Waals surface area (Å²) in [4.78, 5) is 42.9. The first-order valence-electron chi connectivity index (χ1n) is 11.5. The number of benzene rings is 2. The van der Waals surface area contributed by atoms with Crippen molar-refractivity contribution in [3.8, 4) is 17.2 Å². The number of hydrogen-bond donors (Lipinski definition) is 0. The van der Waals surface area contributed by atoms with Crippen LogP contribution in [-0.2, 0) is 9.53 Å². The minimum Gasteiger partial charge on any atom is -0.497 e. The molecule has 0 fully saturated rings. The van der Waals surface area contributed by atoms with E-state index < -0.39 is 22.5 Å². The Kier molecular flexibility index (Phi) is 7.62. The highest BCUT2D eigenvalue weighted by atomic mass is 32.1. The van der Waals surface area contributed by atoms with Crippen molar-refractivity contribution in [1.82, 2.24) is 4.57 Å². The fraction of sp³-hybridized carbons (Fsp3) is 0.269. The van der Waals surface area contributed by atoms with E-state index in [4.69, 9.17) is 18.9 Å². The number of carbonyl (C=O) groups is 1. The Morgan fingerprint density at radius 3 is 2.37 bits per heavy atom. The van der Waals surface area contributed by atoms with Gasteiger partial charge < -0.3 is 18.9 Å². The number of ether oxygens (including phenoxy) is 4. The standard InChI is InChI=1S/C26H25N3O8S/c1-6-37-25(31)22-14(2)27-26-28(23(22)15-7-9-17(34-3)10-8-15)24(30)21(38-26)12-16-11-19(35-4)20(36-5)13-18(16)29(32)33/h7-13,23H,6H2,1-5H3/b21-12-/t23-/m0/s1. The molecule has 3 aromatic rings. The third kappa shape index (κ3) is 4.77. The molecule has 0 radical (unpaired) electrons. The average Bonchev–Trinajstić information content (AvgIpc) is 3.21. The van der Waals surface area contributed by atoms with E-state index in [9.17, 15) is 19.7 Å². The number of rotatable bonds is 8. The predicted octanol–water partition coefficient (Wildman–Crippen LogP) is 2.73. The van der Waals surface area contributed by atoms with Crippen molar-refractivity contribution in [2.75, 3.05) is 27.9 Å². The quantitative estimate of drug-likeness (QED) is 0.243. The van der Waals surface area contributed by atoms with Crippen LogP contribution in [0.5, 0.6) is 17.2 Å². The number of thiazole rings is 1. The Labute approximate surface area is 221 Å². The van der Waals surface area contributed by atoms with Crippen molar-refractivity contribution in [2.24, 2.45) is 4.99 Å². The second-order valence-electron chi connectivity index (χ2n) is 8.10. The lowest BCUT2D eigenvalue weighted by atomic mass is 9.96. The summed E-state index contributed by atoms with van der Waals surface area (Å²) in [5.41, 5.74) is 0.715. The zero-order valence-electron chi connectivity index (χ0n) is 21.3. The van der Waals surface area contributed by atoms with Crippen molar-refractivity contribution in [3.63, 3.8) is 0 Å². The van der Waals surface area contributed by atoms with E-state index in [2.05, 4.69) is 4.99 Å². The SMILES string of the molecule is CCOC(=O)C1=C(C)N=c2s/c(=C\c3cc(OC)c(OC)cc3[N+](=O)[O-])c(=O)n2[C@H]1c1ccc(OC)cc1. The fourth-order valence-electron chi connectivity index (χ4n) is 4.19. The normalized spacial score (nSPS) is 15.0. The smallest absolute Gasteiger partial charge is 0.338 e. The molecule has 1 aliphatic heterocycles. The molecule has 38 heavy (non-hydrogen) atoms. The summed E-state index contributed by atoms with van der Waals surface area (Å²) in [6.07, 6.45) is 1.42. The molecule has 2 heterocycles. The Bertz CT molecular complexity index is 1620. The number of nitrogens with zero attached hydrogens (tertiary/aromatic N) is 3. The lowest BCUT2D eigenvalue weighted by Gasteiger charge is -2.24. The fourth-order valence-corrected chi connectivity index (χ4v) is 5.23. The maximum absolute atomic E-state index is 13.8. The van der Waals surface area contributed by atoms with Crippen LogP contribution in [0.25, 0.3) is 6.08 Å². The van der Waals surface area contributed by atoms with Gasteiger partial charge >= 0.3 is 5.97 Å². The molecular weight excluding hydrogens is 514 g/mol.